The van der Waals surface area contributed by atoms with E-state index in [9.17, 15) is 4.79 Å². The minimum atomic E-state index is -0.705. The molecule has 0 saturated carbocycles. The molecule has 0 aliphatic heterocycles. The molecule has 0 saturated heterocycles. The molecule has 1 aromatic rings. The van der Waals surface area contributed by atoms with Crippen LogP contribution in [0, 0.1) is 0 Å². The molecule has 0 unspecified atom stereocenters. The van der Waals surface area contributed by atoms with E-state index in [2.05, 4.69) is 10.5 Å². The zero-order valence-electron chi connectivity index (χ0n) is 7.40. The van der Waals surface area contributed by atoms with Gasteiger partial charge in [-0.1, -0.05) is 30.3 Å². The highest BCUT2D eigenvalue weighted by atomic mass is 35.5. The fraction of sp³-hybridized carbons (Fsp3) is 0.111. The molecule has 3 N–H and O–H groups in total. The van der Waals surface area contributed by atoms with Crippen LogP contribution in [0.4, 0.5) is 4.79 Å². The van der Waals surface area contributed by atoms with Crippen LogP contribution in [0.3, 0.4) is 0 Å². The number of hydrogen-bond acceptors (Lipinski definition) is 2. The first-order valence-corrected chi connectivity index (χ1v) is 4.51. The lowest BCUT2D eigenvalue weighted by Crippen LogP contribution is -2.26. The van der Waals surface area contributed by atoms with E-state index in [1.807, 2.05) is 30.3 Å². The van der Waals surface area contributed by atoms with Gasteiger partial charge in [0.1, 0.15) is 0 Å². The normalized spacial score (nSPS) is 11.1. The van der Waals surface area contributed by atoms with Crippen molar-refractivity contribution in [3.8, 4) is 0 Å². The average Bonchev–Trinajstić information content (AvgIpc) is 2.20. The highest BCUT2D eigenvalue weighted by molar-refractivity contribution is 6.31. The molecule has 0 aliphatic carbocycles. The van der Waals surface area contributed by atoms with Crippen LogP contribution >= 0.6 is 11.6 Å². The predicted molar refractivity (Wildman–Crippen MR) is 56.4 cm³/mol. The van der Waals surface area contributed by atoms with Crippen molar-refractivity contribution in [2.24, 2.45) is 10.8 Å². The Bertz CT molecular complexity index is 337. The summed E-state index contributed by atoms with van der Waals surface area (Å²) in [4.78, 5) is 10.4. The SMILES string of the molecule is NC(=O)NN=C(CCl)c1ccccc1. The largest absolute Gasteiger partial charge is 0.350 e. The molecule has 0 radical (unpaired) electrons. The number of nitrogens with one attached hydrogen (secondary N) is 1. The third kappa shape index (κ3) is 3.06. The van der Waals surface area contributed by atoms with Crippen molar-refractivity contribution < 1.29 is 4.79 Å². The topological polar surface area (TPSA) is 67.5 Å². The van der Waals surface area contributed by atoms with Crippen molar-refractivity contribution in [1.82, 2.24) is 5.43 Å². The second-order valence-electron chi connectivity index (χ2n) is 2.53. The predicted octanol–water partition coefficient (Wildman–Crippen LogP) is 1.30. The standard InChI is InChI=1S/C9H10ClN3O/c10-6-8(12-13-9(11)14)7-4-2-1-3-5-7/h1-5H,6H2,(H3,11,13,14). The van der Waals surface area contributed by atoms with Gasteiger partial charge in [0, 0.05) is 0 Å². The van der Waals surface area contributed by atoms with Gasteiger partial charge in [-0.2, -0.15) is 5.10 Å². The van der Waals surface area contributed by atoms with Gasteiger partial charge in [0.2, 0.25) is 0 Å². The number of carbonyl (C=O) groups is 1. The maximum Gasteiger partial charge on any atom is 0.332 e. The number of benzene rings is 1. The fourth-order valence-electron chi connectivity index (χ4n) is 0.925. The number of alkyl halides is 1. The fourth-order valence-corrected chi connectivity index (χ4v) is 1.14. The number of nitrogens with zero attached hydrogens (tertiary/aromatic N) is 1. The first-order valence-electron chi connectivity index (χ1n) is 3.97. The number of carbonyl (C=O) groups excluding carboxylic acids is 1. The van der Waals surface area contributed by atoms with Crippen molar-refractivity contribution >= 4 is 23.3 Å². The quantitative estimate of drug-likeness (QED) is 0.442. The minimum absolute atomic E-state index is 0.213. The summed E-state index contributed by atoms with van der Waals surface area (Å²) < 4.78 is 0. The van der Waals surface area contributed by atoms with Gasteiger partial charge in [0.25, 0.3) is 0 Å². The molecule has 4 nitrogen and oxygen atoms in total. The Morgan fingerprint density at radius 2 is 2.07 bits per heavy atom. The second kappa shape index (κ2) is 5.24. The molecular weight excluding hydrogens is 202 g/mol. The van der Waals surface area contributed by atoms with E-state index in [4.69, 9.17) is 17.3 Å². The molecule has 0 fully saturated rings. The van der Waals surface area contributed by atoms with Gasteiger partial charge in [0.05, 0.1) is 11.6 Å². The van der Waals surface area contributed by atoms with Gasteiger partial charge in [-0.25, -0.2) is 10.2 Å². The monoisotopic (exact) mass is 211 g/mol. The molecule has 1 aromatic carbocycles. The lowest BCUT2D eigenvalue weighted by atomic mass is 10.1. The lowest BCUT2D eigenvalue weighted by molar-refractivity contribution is 0.249. The Hall–Kier alpha value is -1.55. The van der Waals surface area contributed by atoms with E-state index in [1.54, 1.807) is 0 Å². The molecule has 0 spiro atoms. The van der Waals surface area contributed by atoms with Crippen molar-refractivity contribution in [3.63, 3.8) is 0 Å². The molecular formula is C9H10ClN3O. The van der Waals surface area contributed by atoms with E-state index in [-0.39, 0.29) is 5.88 Å². The summed E-state index contributed by atoms with van der Waals surface area (Å²) >= 11 is 5.66. The van der Waals surface area contributed by atoms with Crippen LogP contribution in [-0.2, 0) is 0 Å². The molecule has 0 heterocycles. The number of primary amides is 1. The molecule has 74 valence electrons. The second-order valence-corrected chi connectivity index (χ2v) is 2.80. The van der Waals surface area contributed by atoms with Crippen molar-refractivity contribution in [2.45, 2.75) is 0 Å². The summed E-state index contributed by atoms with van der Waals surface area (Å²) in [6.07, 6.45) is 0. The summed E-state index contributed by atoms with van der Waals surface area (Å²) in [6, 6.07) is 8.61. The van der Waals surface area contributed by atoms with Gasteiger partial charge in [-0.05, 0) is 5.56 Å². The van der Waals surface area contributed by atoms with Crippen LogP contribution in [0.1, 0.15) is 5.56 Å². The van der Waals surface area contributed by atoms with Crippen molar-refractivity contribution in [1.29, 1.82) is 0 Å². The Morgan fingerprint density at radius 1 is 1.43 bits per heavy atom. The molecule has 0 bridgehead atoms. The minimum Gasteiger partial charge on any atom is -0.350 e. The zero-order chi connectivity index (χ0) is 10.4. The molecule has 0 atom stereocenters. The van der Waals surface area contributed by atoms with E-state index < -0.39 is 6.03 Å². The van der Waals surface area contributed by atoms with Crippen LogP contribution in [0.5, 0.6) is 0 Å². The Balaban J connectivity index is 2.82. The van der Waals surface area contributed by atoms with Gasteiger partial charge in [0.15, 0.2) is 0 Å². The Kier molecular flexibility index (Phi) is 3.94. The Labute approximate surface area is 86.7 Å². The molecule has 0 aromatic heterocycles. The highest BCUT2D eigenvalue weighted by Gasteiger charge is 2.01. The maximum atomic E-state index is 10.4. The number of rotatable bonds is 3. The van der Waals surface area contributed by atoms with E-state index >= 15 is 0 Å². The number of hydrogen-bond donors (Lipinski definition) is 2. The van der Waals surface area contributed by atoms with Crippen LogP contribution in [0.2, 0.25) is 0 Å². The van der Waals surface area contributed by atoms with Crippen LogP contribution in [0.15, 0.2) is 35.4 Å². The highest BCUT2D eigenvalue weighted by Crippen LogP contribution is 2.02. The van der Waals surface area contributed by atoms with E-state index in [1.165, 1.54) is 0 Å². The van der Waals surface area contributed by atoms with Crippen LogP contribution < -0.4 is 11.2 Å². The third-order valence-corrected chi connectivity index (χ3v) is 1.79. The zero-order valence-corrected chi connectivity index (χ0v) is 8.16. The van der Waals surface area contributed by atoms with Crippen LogP contribution in [-0.4, -0.2) is 17.6 Å². The van der Waals surface area contributed by atoms with E-state index in [0.29, 0.717) is 5.71 Å². The number of urea groups is 1. The lowest BCUT2D eigenvalue weighted by Gasteiger charge is -2.01. The first kappa shape index (κ1) is 10.5. The number of nitrogens with two attached hydrogens (primary N) is 1. The van der Waals surface area contributed by atoms with Crippen molar-refractivity contribution in [3.05, 3.63) is 35.9 Å². The van der Waals surface area contributed by atoms with E-state index in [0.717, 1.165) is 5.56 Å². The smallest absolute Gasteiger partial charge is 0.332 e. The number of halogens is 1. The summed E-state index contributed by atoms with van der Waals surface area (Å²) in [5.41, 5.74) is 8.44. The summed E-state index contributed by atoms with van der Waals surface area (Å²) in [5, 5.41) is 3.77. The Morgan fingerprint density at radius 3 is 2.57 bits per heavy atom. The maximum absolute atomic E-state index is 10.4. The molecule has 14 heavy (non-hydrogen) atoms. The van der Waals surface area contributed by atoms with Gasteiger partial charge in [-0.15, -0.1) is 11.6 Å². The number of hydrazone groups is 1. The van der Waals surface area contributed by atoms with Gasteiger partial charge >= 0.3 is 6.03 Å². The number of amides is 2. The van der Waals surface area contributed by atoms with Crippen LogP contribution in [0.25, 0.3) is 0 Å². The third-order valence-electron chi connectivity index (χ3n) is 1.53. The summed E-state index contributed by atoms with van der Waals surface area (Å²) in [6.45, 7) is 0. The van der Waals surface area contributed by atoms with Crippen molar-refractivity contribution in [2.75, 3.05) is 5.88 Å². The van der Waals surface area contributed by atoms with Gasteiger partial charge in [-0.3, -0.25) is 0 Å². The molecule has 1 rings (SSSR count). The average molecular weight is 212 g/mol. The summed E-state index contributed by atoms with van der Waals surface area (Å²) in [7, 11) is 0. The van der Waals surface area contributed by atoms with Gasteiger partial charge < -0.3 is 5.73 Å². The molecule has 5 heteroatoms. The molecule has 2 amide bonds. The summed E-state index contributed by atoms with van der Waals surface area (Å²) in [5.74, 6) is 0.213. The first-order chi connectivity index (χ1) is 6.74. The molecule has 0 aliphatic rings.